The van der Waals surface area contributed by atoms with E-state index in [1.165, 1.54) is 0 Å². The van der Waals surface area contributed by atoms with E-state index in [0.29, 0.717) is 0 Å². The molecule has 1 rings (SSSR count). The van der Waals surface area contributed by atoms with Gasteiger partial charge in [0, 0.05) is 0 Å². The molecule has 3 atom stereocenters. The van der Waals surface area contributed by atoms with E-state index in [0.717, 1.165) is 5.56 Å². The maximum atomic E-state index is 12.5. The van der Waals surface area contributed by atoms with Gasteiger partial charge in [-0.1, -0.05) is 65.0 Å². The predicted octanol–water partition coefficient (Wildman–Crippen LogP) is 2.33. The van der Waals surface area contributed by atoms with Crippen molar-refractivity contribution in [3.63, 3.8) is 0 Å². The van der Waals surface area contributed by atoms with Crippen LogP contribution in [0.2, 0.25) is 0 Å². The Morgan fingerprint density at radius 2 is 1.71 bits per heavy atom. The molecule has 0 aliphatic heterocycles. The van der Waals surface area contributed by atoms with Crippen LogP contribution in [0.5, 0.6) is 0 Å². The molecular weight excluding hydrogens is 360 g/mol. The van der Waals surface area contributed by atoms with Gasteiger partial charge in [0.1, 0.15) is 12.6 Å². The summed E-state index contributed by atoms with van der Waals surface area (Å²) < 4.78 is 5.32. The molecule has 1 aromatic carbocycles. The van der Waals surface area contributed by atoms with Crippen molar-refractivity contribution in [1.82, 2.24) is 5.32 Å². The number of nitrogens with two attached hydrogens (primary N) is 1. The average molecular weight is 392 g/mol. The highest BCUT2D eigenvalue weighted by atomic mass is 16.5. The Kier molecular flexibility index (Phi) is 8.63. The van der Waals surface area contributed by atoms with Crippen LogP contribution < -0.4 is 11.1 Å². The maximum Gasteiger partial charge on any atom is 0.329 e. The SMILES string of the molecule is CC(C)[C@H](NC(=O)[C@@H](N)CC(C(=O)O)C(C)(C)C)C(=O)OCc1ccccc1. The van der Waals surface area contributed by atoms with Crippen LogP contribution in [-0.4, -0.2) is 35.0 Å². The maximum absolute atomic E-state index is 12.5. The number of ether oxygens (including phenoxy) is 1. The Labute approximate surface area is 166 Å². The number of carboxylic acid groups (broad SMARTS) is 1. The van der Waals surface area contributed by atoms with Crippen molar-refractivity contribution in [2.45, 2.75) is 59.7 Å². The summed E-state index contributed by atoms with van der Waals surface area (Å²) >= 11 is 0. The molecule has 156 valence electrons. The molecule has 0 aromatic heterocycles. The molecule has 0 radical (unpaired) electrons. The van der Waals surface area contributed by atoms with E-state index in [-0.39, 0.29) is 18.9 Å². The number of amides is 1. The Hall–Kier alpha value is -2.41. The number of carbonyl (C=O) groups excluding carboxylic acids is 2. The van der Waals surface area contributed by atoms with Crippen molar-refractivity contribution in [3.05, 3.63) is 35.9 Å². The fraction of sp³-hybridized carbons (Fsp3) is 0.571. The normalized spacial score (nSPS) is 14.8. The number of hydrogen-bond acceptors (Lipinski definition) is 5. The molecule has 7 heteroatoms. The Bertz CT molecular complexity index is 667. The van der Waals surface area contributed by atoms with E-state index in [1.807, 2.05) is 30.3 Å². The van der Waals surface area contributed by atoms with Crippen molar-refractivity contribution in [3.8, 4) is 0 Å². The van der Waals surface area contributed by atoms with Gasteiger partial charge in [-0.3, -0.25) is 9.59 Å². The first-order valence-electron chi connectivity index (χ1n) is 9.42. The van der Waals surface area contributed by atoms with Crippen LogP contribution >= 0.6 is 0 Å². The Morgan fingerprint density at radius 1 is 1.14 bits per heavy atom. The number of aliphatic carboxylic acids is 1. The van der Waals surface area contributed by atoms with E-state index in [9.17, 15) is 19.5 Å². The summed E-state index contributed by atoms with van der Waals surface area (Å²) in [5.74, 6) is -3.11. The summed E-state index contributed by atoms with van der Waals surface area (Å²) in [7, 11) is 0. The molecule has 1 aromatic rings. The third-order valence-corrected chi connectivity index (χ3v) is 4.61. The zero-order valence-electron chi connectivity index (χ0n) is 17.3. The topological polar surface area (TPSA) is 119 Å². The molecule has 7 nitrogen and oxygen atoms in total. The van der Waals surface area contributed by atoms with Gasteiger partial charge in [0.05, 0.1) is 12.0 Å². The molecule has 0 aliphatic rings. The molecular formula is C21H32N2O5. The molecule has 0 saturated heterocycles. The van der Waals surface area contributed by atoms with Gasteiger partial charge in [-0.25, -0.2) is 4.79 Å². The monoisotopic (exact) mass is 392 g/mol. The lowest BCUT2D eigenvalue weighted by Crippen LogP contribution is -2.52. The third kappa shape index (κ3) is 7.31. The zero-order valence-corrected chi connectivity index (χ0v) is 17.3. The highest BCUT2D eigenvalue weighted by molar-refractivity contribution is 5.88. The average Bonchev–Trinajstić information content (AvgIpc) is 2.60. The zero-order chi connectivity index (χ0) is 21.5. The van der Waals surface area contributed by atoms with Crippen LogP contribution in [0, 0.1) is 17.3 Å². The van der Waals surface area contributed by atoms with E-state index >= 15 is 0 Å². The molecule has 1 unspecified atom stereocenters. The molecule has 0 aliphatic carbocycles. The summed E-state index contributed by atoms with van der Waals surface area (Å²) in [5, 5.41) is 12.0. The van der Waals surface area contributed by atoms with Gasteiger partial charge in [0.15, 0.2) is 0 Å². The molecule has 0 bridgehead atoms. The lowest BCUT2D eigenvalue weighted by molar-refractivity contribution is -0.151. The van der Waals surface area contributed by atoms with Gasteiger partial charge in [-0.05, 0) is 23.3 Å². The first-order chi connectivity index (χ1) is 12.9. The molecule has 0 heterocycles. The summed E-state index contributed by atoms with van der Waals surface area (Å²) in [6, 6.07) is 7.33. The standard InChI is InChI=1S/C21H32N2O5/c1-13(2)17(20(27)28-12-14-9-7-6-8-10-14)23-18(24)16(22)11-15(19(25)26)21(3,4)5/h6-10,13,15-17H,11-12,22H2,1-5H3,(H,23,24)(H,25,26)/t15?,16-,17-/m0/s1. The minimum atomic E-state index is -1.04. The molecule has 28 heavy (non-hydrogen) atoms. The number of esters is 1. The summed E-state index contributed by atoms with van der Waals surface area (Å²) in [5.41, 5.74) is 6.24. The third-order valence-electron chi connectivity index (χ3n) is 4.61. The molecule has 1 amide bonds. The smallest absolute Gasteiger partial charge is 0.329 e. The van der Waals surface area contributed by atoms with Crippen molar-refractivity contribution in [2.75, 3.05) is 0 Å². The van der Waals surface area contributed by atoms with Gasteiger partial charge in [-0.2, -0.15) is 0 Å². The second kappa shape index (κ2) is 10.2. The van der Waals surface area contributed by atoms with E-state index in [2.05, 4.69) is 5.32 Å². The number of hydrogen-bond donors (Lipinski definition) is 3. The van der Waals surface area contributed by atoms with E-state index in [1.54, 1.807) is 34.6 Å². The van der Waals surface area contributed by atoms with Gasteiger partial charge in [0.2, 0.25) is 5.91 Å². The van der Waals surface area contributed by atoms with Crippen molar-refractivity contribution in [1.29, 1.82) is 0 Å². The number of nitrogens with one attached hydrogen (secondary N) is 1. The quantitative estimate of drug-likeness (QED) is 0.555. The van der Waals surface area contributed by atoms with Crippen molar-refractivity contribution < 1.29 is 24.2 Å². The highest BCUT2D eigenvalue weighted by Gasteiger charge is 2.35. The van der Waals surface area contributed by atoms with Gasteiger partial charge in [-0.15, -0.1) is 0 Å². The number of carbonyl (C=O) groups is 3. The number of carboxylic acids is 1. The van der Waals surface area contributed by atoms with Crippen LogP contribution in [-0.2, 0) is 25.7 Å². The minimum absolute atomic E-state index is 0.0193. The first kappa shape index (κ1) is 23.6. The Balaban J connectivity index is 2.72. The second-order valence-corrected chi connectivity index (χ2v) is 8.42. The number of benzene rings is 1. The van der Waals surface area contributed by atoms with Crippen LogP contribution in [0.3, 0.4) is 0 Å². The number of rotatable bonds is 9. The van der Waals surface area contributed by atoms with Gasteiger partial charge < -0.3 is 20.9 Å². The predicted molar refractivity (Wildman–Crippen MR) is 106 cm³/mol. The Morgan fingerprint density at radius 3 is 2.18 bits per heavy atom. The van der Waals surface area contributed by atoms with Crippen molar-refractivity contribution >= 4 is 17.8 Å². The van der Waals surface area contributed by atoms with Crippen LogP contribution in [0.4, 0.5) is 0 Å². The largest absolute Gasteiger partial charge is 0.481 e. The van der Waals surface area contributed by atoms with E-state index in [4.69, 9.17) is 10.5 Å². The molecule has 0 fully saturated rings. The van der Waals surface area contributed by atoms with Gasteiger partial charge in [0.25, 0.3) is 0 Å². The lowest BCUT2D eigenvalue weighted by atomic mass is 9.77. The highest BCUT2D eigenvalue weighted by Crippen LogP contribution is 2.29. The lowest BCUT2D eigenvalue weighted by Gasteiger charge is -2.29. The summed E-state index contributed by atoms with van der Waals surface area (Å²) in [6.07, 6.45) is -0.0193. The van der Waals surface area contributed by atoms with Crippen LogP contribution in [0.25, 0.3) is 0 Å². The fourth-order valence-electron chi connectivity index (χ4n) is 2.76. The first-order valence-corrected chi connectivity index (χ1v) is 9.42. The van der Waals surface area contributed by atoms with Gasteiger partial charge >= 0.3 is 11.9 Å². The molecule has 0 spiro atoms. The minimum Gasteiger partial charge on any atom is -0.481 e. The van der Waals surface area contributed by atoms with Crippen LogP contribution in [0.15, 0.2) is 30.3 Å². The summed E-state index contributed by atoms with van der Waals surface area (Å²) in [4.78, 5) is 36.4. The molecule has 4 N–H and O–H groups in total. The second-order valence-electron chi connectivity index (χ2n) is 8.42. The van der Waals surface area contributed by atoms with Crippen molar-refractivity contribution in [2.24, 2.45) is 23.0 Å². The van der Waals surface area contributed by atoms with E-state index < -0.39 is 41.3 Å². The fourth-order valence-corrected chi connectivity index (χ4v) is 2.76. The molecule has 0 saturated carbocycles. The summed E-state index contributed by atoms with van der Waals surface area (Å²) in [6.45, 7) is 9.04. The van der Waals surface area contributed by atoms with Crippen LogP contribution in [0.1, 0.15) is 46.6 Å².